The predicted molar refractivity (Wildman–Crippen MR) is 66.6 cm³/mol. The van der Waals surface area contributed by atoms with Crippen molar-refractivity contribution in [3.05, 3.63) is 0 Å². The second-order valence-electron chi connectivity index (χ2n) is 3.94. The third kappa shape index (κ3) is 4.14. The van der Waals surface area contributed by atoms with Gasteiger partial charge in [0.1, 0.15) is 0 Å². The summed E-state index contributed by atoms with van der Waals surface area (Å²) in [5, 5.41) is 0. The van der Waals surface area contributed by atoms with E-state index in [1.807, 2.05) is 13.8 Å². The number of hydrogen-bond acceptors (Lipinski definition) is 3. The van der Waals surface area contributed by atoms with Crippen LogP contribution in [-0.4, -0.2) is 34.8 Å². The summed E-state index contributed by atoms with van der Waals surface area (Å²) in [6.45, 7) is 5.81. The van der Waals surface area contributed by atoms with Gasteiger partial charge in [0.05, 0.1) is 17.5 Å². The van der Waals surface area contributed by atoms with Crippen LogP contribution in [0.15, 0.2) is 0 Å². The summed E-state index contributed by atoms with van der Waals surface area (Å²) in [7, 11) is 0. The second kappa shape index (κ2) is 6.42. The van der Waals surface area contributed by atoms with Gasteiger partial charge in [0.25, 0.3) is 0 Å². The minimum absolute atomic E-state index is 0.00641. The summed E-state index contributed by atoms with van der Waals surface area (Å²) in [6.07, 6.45) is 0. The smallest absolute Gasteiger partial charge is 0.237 e. The quantitative estimate of drug-likeness (QED) is 0.638. The second-order valence-corrected chi connectivity index (χ2v) is 4.41. The molecule has 0 heterocycles. The van der Waals surface area contributed by atoms with Gasteiger partial charge in [-0.2, -0.15) is 0 Å². The van der Waals surface area contributed by atoms with Gasteiger partial charge in [-0.25, -0.2) is 0 Å². The van der Waals surface area contributed by atoms with E-state index in [0.717, 1.165) is 0 Å². The summed E-state index contributed by atoms with van der Waals surface area (Å²) in [5.41, 5.74) is 10.6. The molecule has 2 amide bonds. The molecule has 0 radical (unpaired) electrons. The fourth-order valence-corrected chi connectivity index (χ4v) is 1.84. The fourth-order valence-electron chi connectivity index (χ4n) is 1.47. The molecule has 0 saturated carbocycles. The SMILES string of the molecule is CCN(CC(N)=O)C(=O)C(C(N)=S)C(C)C. The molecule has 0 aromatic heterocycles. The minimum Gasteiger partial charge on any atom is -0.393 e. The van der Waals surface area contributed by atoms with Crippen LogP contribution in [0.3, 0.4) is 0 Å². The van der Waals surface area contributed by atoms with Gasteiger partial charge in [-0.05, 0) is 12.8 Å². The van der Waals surface area contributed by atoms with Crippen LogP contribution in [0.2, 0.25) is 0 Å². The number of nitrogens with zero attached hydrogens (tertiary/aromatic N) is 1. The van der Waals surface area contributed by atoms with Crippen LogP contribution in [0.25, 0.3) is 0 Å². The van der Waals surface area contributed by atoms with E-state index >= 15 is 0 Å². The van der Waals surface area contributed by atoms with Gasteiger partial charge in [-0.3, -0.25) is 9.59 Å². The Balaban J connectivity index is 4.82. The maximum absolute atomic E-state index is 12.0. The van der Waals surface area contributed by atoms with Crippen LogP contribution in [0, 0.1) is 11.8 Å². The molecule has 0 spiro atoms. The van der Waals surface area contributed by atoms with E-state index in [1.165, 1.54) is 4.90 Å². The maximum Gasteiger partial charge on any atom is 0.237 e. The number of rotatable bonds is 6. The van der Waals surface area contributed by atoms with Crippen LogP contribution in [0.1, 0.15) is 20.8 Å². The van der Waals surface area contributed by atoms with Crippen LogP contribution >= 0.6 is 12.2 Å². The van der Waals surface area contributed by atoms with Crippen molar-refractivity contribution in [2.75, 3.05) is 13.1 Å². The number of carbonyl (C=O) groups excluding carboxylic acids is 2. The predicted octanol–water partition coefficient (Wildman–Crippen LogP) is -0.121. The van der Waals surface area contributed by atoms with Gasteiger partial charge in [-0.1, -0.05) is 26.1 Å². The zero-order valence-corrected chi connectivity index (χ0v) is 10.7. The Bertz CT molecular complexity index is 292. The van der Waals surface area contributed by atoms with Crippen LogP contribution < -0.4 is 11.5 Å². The van der Waals surface area contributed by atoms with Gasteiger partial charge in [0.2, 0.25) is 11.8 Å². The zero-order chi connectivity index (χ0) is 12.9. The van der Waals surface area contributed by atoms with Crippen LogP contribution in [-0.2, 0) is 9.59 Å². The average Bonchev–Trinajstić information content (AvgIpc) is 2.12. The summed E-state index contributed by atoms with van der Waals surface area (Å²) in [4.78, 5) is 24.4. The van der Waals surface area contributed by atoms with Crippen molar-refractivity contribution < 1.29 is 9.59 Å². The van der Waals surface area contributed by atoms with E-state index in [0.29, 0.717) is 6.54 Å². The Labute approximate surface area is 101 Å². The number of nitrogens with two attached hydrogens (primary N) is 2. The first-order chi connectivity index (χ1) is 7.31. The first kappa shape index (κ1) is 14.8. The van der Waals surface area contributed by atoms with E-state index < -0.39 is 11.8 Å². The lowest BCUT2D eigenvalue weighted by molar-refractivity contribution is -0.137. The molecule has 0 fully saturated rings. The molecule has 1 unspecified atom stereocenters. The highest BCUT2D eigenvalue weighted by Gasteiger charge is 2.29. The lowest BCUT2D eigenvalue weighted by Gasteiger charge is -2.26. The van der Waals surface area contributed by atoms with E-state index in [1.54, 1.807) is 6.92 Å². The van der Waals surface area contributed by atoms with Crippen molar-refractivity contribution in [3.63, 3.8) is 0 Å². The molecule has 0 aromatic carbocycles. The van der Waals surface area contributed by atoms with Crippen LogP contribution in [0.4, 0.5) is 0 Å². The van der Waals surface area contributed by atoms with Gasteiger partial charge < -0.3 is 16.4 Å². The average molecular weight is 245 g/mol. The Morgan fingerprint density at radius 1 is 1.31 bits per heavy atom. The van der Waals surface area contributed by atoms with E-state index in [4.69, 9.17) is 23.7 Å². The van der Waals surface area contributed by atoms with Crippen molar-refractivity contribution in [2.45, 2.75) is 20.8 Å². The van der Waals surface area contributed by atoms with Gasteiger partial charge >= 0.3 is 0 Å². The number of primary amides is 1. The zero-order valence-electron chi connectivity index (χ0n) is 9.90. The molecular weight excluding hydrogens is 226 g/mol. The number of carbonyl (C=O) groups is 2. The number of thiocarbonyl (C=S) groups is 1. The molecule has 4 N–H and O–H groups in total. The van der Waals surface area contributed by atoms with Crippen molar-refractivity contribution in [1.82, 2.24) is 4.90 Å². The van der Waals surface area contributed by atoms with Gasteiger partial charge in [-0.15, -0.1) is 0 Å². The van der Waals surface area contributed by atoms with E-state index in [-0.39, 0.29) is 23.4 Å². The fraction of sp³-hybridized carbons (Fsp3) is 0.700. The number of amides is 2. The molecule has 0 bridgehead atoms. The topological polar surface area (TPSA) is 89.4 Å². The molecule has 92 valence electrons. The molecule has 0 aliphatic heterocycles. The molecule has 16 heavy (non-hydrogen) atoms. The van der Waals surface area contributed by atoms with Crippen LogP contribution in [0.5, 0.6) is 0 Å². The Morgan fingerprint density at radius 3 is 2.06 bits per heavy atom. The van der Waals surface area contributed by atoms with Gasteiger partial charge in [0, 0.05) is 6.54 Å². The number of hydrogen-bond donors (Lipinski definition) is 2. The summed E-state index contributed by atoms with van der Waals surface area (Å²) < 4.78 is 0. The summed E-state index contributed by atoms with van der Waals surface area (Å²) in [6, 6.07) is 0. The molecule has 1 atom stereocenters. The highest BCUT2D eigenvalue weighted by atomic mass is 32.1. The monoisotopic (exact) mass is 245 g/mol. The number of likely N-dealkylation sites (N-methyl/N-ethyl adjacent to an activating group) is 1. The minimum atomic E-state index is -0.541. The maximum atomic E-state index is 12.0. The molecule has 0 aliphatic rings. The molecular formula is C10H19N3O2S. The lowest BCUT2D eigenvalue weighted by Crippen LogP contribution is -2.46. The molecule has 0 saturated heterocycles. The third-order valence-corrected chi connectivity index (χ3v) is 2.53. The summed E-state index contributed by atoms with van der Waals surface area (Å²) in [5.74, 6) is -1.30. The van der Waals surface area contributed by atoms with Crippen molar-refractivity contribution in [3.8, 4) is 0 Å². The first-order valence-corrected chi connectivity index (χ1v) is 5.58. The lowest BCUT2D eigenvalue weighted by atomic mass is 9.94. The van der Waals surface area contributed by atoms with Gasteiger partial charge in [0.15, 0.2) is 0 Å². The Kier molecular flexibility index (Phi) is 5.95. The first-order valence-electron chi connectivity index (χ1n) is 5.17. The molecule has 0 rings (SSSR count). The summed E-state index contributed by atoms with van der Waals surface area (Å²) >= 11 is 4.86. The molecule has 0 aliphatic carbocycles. The Hall–Kier alpha value is -1.17. The molecule has 5 nitrogen and oxygen atoms in total. The Morgan fingerprint density at radius 2 is 1.81 bits per heavy atom. The highest BCUT2D eigenvalue weighted by Crippen LogP contribution is 2.14. The van der Waals surface area contributed by atoms with Crippen molar-refractivity contribution >= 4 is 29.0 Å². The highest BCUT2D eigenvalue weighted by molar-refractivity contribution is 7.80. The van der Waals surface area contributed by atoms with E-state index in [2.05, 4.69) is 0 Å². The normalized spacial score (nSPS) is 12.2. The molecule has 6 heteroatoms. The van der Waals surface area contributed by atoms with Crippen molar-refractivity contribution in [2.24, 2.45) is 23.3 Å². The van der Waals surface area contributed by atoms with Crippen molar-refractivity contribution in [1.29, 1.82) is 0 Å². The third-order valence-electron chi connectivity index (χ3n) is 2.28. The standard InChI is InChI=1S/C10H19N3O2S/c1-4-13(5-7(11)14)10(15)8(6(2)3)9(12)16/h6,8H,4-5H2,1-3H3,(H2,11,14)(H2,12,16). The largest absolute Gasteiger partial charge is 0.393 e. The van der Waals surface area contributed by atoms with E-state index in [9.17, 15) is 9.59 Å². The molecule has 0 aromatic rings.